The maximum atomic E-state index is 10.7. The molecule has 5 rings (SSSR count). The Kier molecular flexibility index (Phi) is 6.73. The summed E-state index contributed by atoms with van der Waals surface area (Å²) < 4.78 is 0. The number of β-amino-alcohol motifs (C(OH)–C–C–N with tert-alkyl or cyclic N) is 1. The van der Waals surface area contributed by atoms with Crippen LogP contribution >= 0.6 is 11.6 Å². The summed E-state index contributed by atoms with van der Waals surface area (Å²) >= 11 is 6.06. The van der Waals surface area contributed by atoms with E-state index in [0.29, 0.717) is 17.1 Å². The van der Waals surface area contributed by atoms with E-state index >= 15 is 0 Å². The Morgan fingerprint density at radius 2 is 1.71 bits per heavy atom. The largest absolute Gasteiger partial charge is 0.377 e. The molecule has 1 atom stereocenters. The first-order valence-corrected chi connectivity index (χ1v) is 12.9. The van der Waals surface area contributed by atoms with Crippen molar-refractivity contribution >= 4 is 23.1 Å². The van der Waals surface area contributed by atoms with Gasteiger partial charge in [0.25, 0.3) is 0 Å². The third-order valence-electron chi connectivity index (χ3n) is 7.94. The molecule has 0 amide bonds. The molecular formula is C26H37ClN6O. The number of aliphatic hydroxyl groups excluding tert-OH is 1. The number of aromatic nitrogens is 2. The lowest BCUT2D eigenvalue weighted by Gasteiger charge is -2.50. The minimum atomic E-state index is -0.537. The molecule has 3 aliphatic rings. The second kappa shape index (κ2) is 9.61. The Bertz CT molecular complexity index is 966. The zero-order chi connectivity index (χ0) is 23.8. The average Bonchev–Trinajstić information content (AvgIpc) is 2.81. The van der Waals surface area contributed by atoms with Crippen LogP contribution in [-0.4, -0.2) is 71.0 Å². The lowest BCUT2D eigenvalue weighted by atomic mass is 9.82. The van der Waals surface area contributed by atoms with Crippen molar-refractivity contribution in [2.24, 2.45) is 5.41 Å². The van der Waals surface area contributed by atoms with Gasteiger partial charge in [-0.3, -0.25) is 10.2 Å². The lowest BCUT2D eigenvalue weighted by molar-refractivity contribution is 0.0618. The fourth-order valence-electron chi connectivity index (χ4n) is 5.63. The van der Waals surface area contributed by atoms with Crippen molar-refractivity contribution in [3.05, 3.63) is 47.4 Å². The molecule has 0 bridgehead atoms. The average molecular weight is 485 g/mol. The number of hydrogen-bond donors (Lipinski definition) is 2. The van der Waals surface area contributed by atoms with Gasteiger partial charge >= 0.3 is 0 Å². The summed E-state index contributed by atoms with van der Waals surface area (Å²) in [6.45, 7) is 11.4. The fourth-order valence-corrected chi connectivity index (χ4v) is 5.77. The summed E-state index contributed by atoms with van der Waals surface area (Å²) in [6, 6.07) is 10.8. The maximum absolute atomic E-state index is 10.7. The van der Waals surface area contributed by atoms with Crippen molar-refractivity contribution in [2.75, 3.05) is 49.1 Å². The van der Waals surface area contributed by atoms with Crippen LogP contribution in [0.15, 0.2) is 36.7 Å². The van der Waals surface area contributed by atoms with E-state index in [0.717, 1.165) is 44.8 Å². The molecule has 4 heterocycles. The third-order valence-corrected chi connectivity index (χ3v) is 8.15. The second-order valence-corrected chi connectivity index (χ2v) is 11.5. The van der Waals surface area contributed by atoms with Crippen LogP contribution < -0.4 is 15.1 Å². The number of likely N-dealkylation sites (tertiary alicyclic amines) is 1. The van der Waals surface area contributed by atoms with Gasteiger partial charge in [0.1, 0.15) is 23.5 Å². The molecule has 3 fully saturated rings. The number of aliphatic hydroxyl groups is 1. The molecule has 1 spiro atoms. The Morgan fingerprint density at radius 3 is 2.38 bits per heavy atom. The zero-order valence-corrected chi connectivity index (χ0v) is 21.1. The summed E-state index contributed by atoms with van der Waals surface area (Å²) in [5.41, 5.74) is 2.93. The van der Waals surface area contributed by atoms with E-state index in [9.17, 15) is 5.11 Å². The number of anilines is 2. The Hall–Kier alpha value is -1.93. The molecule has 34 heavy (non-hydrogen) atoms. The van der Waals surface area contributed by atoms with E-state index < -0.39 is 6.23 Å². The number of nitrogens with zero attached hydrogens (tertiary/aromatic N) is 5. The fraction of sp³-hybridized carbons (Fsp3) is 0.615. The van der Waals surface area contributed by atoms with Crippen LogP contribution in [0.25, 0.3) is 0 Å². The summed E-state index contributed by atoms with van der Waals surface area (Å²) in [4.78, 5) is 15.5. The highest BCUT2D eigenvalue weighted by molar-refractivity contribution is 6.29. The highest BCUT2D eigenvalue weighted by Crippen LogP contribution is 2.33. The predicted octanol–water partition coefficient (Wildman–Crippen LogP) is 3.52. The monoisotopic (exact) mass is 484 g/mol. The van der Waals surface area contributed by atoms with Crippen molar-refractivity contribution in [2.45, 2.75) is 57.8 Å². The lowest BCUT2D eigenvalue weighted by Crippen LogP contribution is -2.68. The molecule has 3 saturated heterocycles. The summed E-state index contributed by atoms with van der Waals surface area (Å²) in [5, 5.41) is 14.7. The SMILES string of the molecule is CC1(C)CCN(Cc2ccc(N3CC(O)NC4(CCN(c5cc(Cl)ncn5)CC4)C3)cc2)CC1. The van der Waals surface area contributed by atoms with Crippen LogP contribution in [0.2, 0.25) is 5.15 Å². The predicted molar refractivity (Wildman–Crippen MR) is 137 cm³/mol. The van der Waals surface area contributed by atoms with Gasteiger partial charge in [0.2, 0.25) is 0 Å². The molecule has 8 heteroatoms. The van der Waals surface area contributed by atoms with Gasteiger partial charge in [-0.25, -0.2) is 9.97 Å². The van der Waals surface area contributed by atoms with Gasteiger partial charge < -0.3 is 14.9 Å². The first-order valence-electron chi connectivity index (χ1n) is 12.5. The van der Waals surface area contributed by atoms with Crippen LogP contribution in [0.3, 0.4) is 0 Å². The Balaban J connectivity index is 1.20. The normalized spacial score (nSPS) is 25.0. The number of piperazine rings is 1. The molecule has 184 valence electrons. The van der Waals surface area contributed by atoms with E-state index in [1.807, 2.05) is 6.07 Å². The molecule has 0 radical (unpaired) electrons. The molecule has 2 N–H and O–H groups in total. The van der Waals surface area contributed by atoms with E-state index in [1.165, 1.54) is 43.5 Å². The van der Waals surface area contributed by atoms with E-state index in [2.05, 4.69) is 68.1 Å². The standard InChI is InChI=1S/C26H37ClN6O/c1-25(2)7-11-31(12-8-25)16-20-3-5-21(6-4-20)33-17-24(34)30-26(18-33)9-13-32(14-10-26)23-15-22(27)28-19-29-23/h3-6,15,19,24,30,34H,7-14,16-18H2,1-2H3. The number of nitrogens with one attached hydrogen (secondary N) is 1. The molecule has 7 nitrogen and oxygen atoms in total. The molecule has 0 aliphatic carbocycles. The van der Waals surface area contributed by atoms with Crippen LogP contribution in [0.1, 0.15) is 45.1 Å². The van der Waals surface area contributed by atoms with Gasteiger partial charge in [-0.15, -0.1) is 0 Å². The van der Waals surface area contributed by atoms with E-state index in [-0.39, 0.29) is 5.54 Å². The molecule has 1 aromatic heterocycles. The molecule has 0 saturated carbocycles. The number of halogens is 1. The summed E-state index contributed by atoms with van der Waals surface area (Å²) in [6.07, 6.45) is 5.39. The minimum Gasteiger partial charge on any atom is -0.377 e. The molecule has 1 aromatic carbocycles. The second-order valence-electron chi connectivity index (χ2n) is 11.1. The van der Waals surface area contributed by atoms with Gasteiger partial charge in [0.05, 0.1) is 6.54 Å². The van der Waals surface area contributed by atoms with Crippen LogP contribution in [-0.2, 0) is 6.54 Å². The number of benzene rings is 1. The first-order chi connectivity index (χ1) is 16.3. The highest BCUT2D eigenvalue weighted by Gasteiger charge is 2.41. The summed E-state index contributed by atoms with van der Waals surface area (Å²) in [5.74, 6) is 0.871. The maximum Gasteiger partial charge on any atom is 0.134 e. The van der Waals surface area contributed by atoms with Crippen LogP contribution in [0.5, 0.6) is 0 Å². The van der Waals surface area contributed by atoms with Gasteiger partial charge in [-0.2, -0.15) is 0 Å². The van der Waals surface area contributed by atoms with Gasteiger partial charge in [0.15, 0.2) is 0 Å². The quantitative estimate of drug-likeness (QED) is 0.643. The zero-order valence-electron chi connectivity index (χ0n) is 20.4. The minimum absolute atomic E-state index is 0.107. The number of piperidine rings is 2. The van der Waals surface area contributed by atoms with E-state index in [4.69, 9.17) is 11.6 Å². The Labute approximate surface area is 208 Å². The topological polar surface area (TPSA) is 67.8 Å². The van der Waals surface area contributed by atoms with Crippen molar-refractivity contribution in [1.82, 2.24) is 20.2 Å². The van der Waals surface area contributed by atoms with Gasteiger partial charge in [-0.05, 0) is 61.9 Å². The molecule has 3 aliphatic heterocycles. The van der Waals surface area contributed by atoms with Crippen molar-refractivity contribution < 1.29 is 5.11 Å². The van der Waals surface area contributed by atoms with Gasteiger partial charge in [-0.1, -0.05) is 37.6 Å². The molecule has 1 unspecified atom stereocenters. The number of rotatable bonds is 4. The summed E-state index contributed by atoms with van der Waals surface area (Å²) in [7, 11) is 0. The van der Waals surface area contributed by atoms with Crippen molar-refractivity contribution in [1.29, 1.82) is 0 Å². The molecule has 2 aromatic rings. The van der Waals surface area contributed by atoms with E-state index in [1.54, 1.807) is 0 Å². The molecular weight excluding hydrogens is 448 g/mol. The Morgan fingerprint density at radius 1 is 1.00 bits per heavy atom. The van der Waals surface area contributed by atoms with Crippen molar-refractivity contribution in [3.63, 3.8) is 0 Å². The van der Waals surface area contributed by atoms with Gasteiger partial charge in [0, 0.05) is 43.5 Å². The third kappa shape index (κ3) is 5.48. The smallest absolute Gasteiger partial charge is 0.134 e. The van der Waals surface area contributed by atoms with Crippen LogP contribution in [0.4, 0.5) is 11.5 Å². The van der Waals surface area contributed by atoms with Crippen molar-refractivity contribution in [3.8, 4) is 0 Å². The first kappa shape index (κ1) is 23.8. The van der Waals surface area contributed by atoms with Crippen LogP contribution in [0, 0.1) is 5.41 Å². The highest BCUT2D eigenvalue weighted by atomic mass is 35.5. The number of hydrogen-bond acceptors (Lipinski definition) is 7.